The Morgan fingerprint density at radius 2 is 2.27 bits per heavy atom. The minimum absolute atomic E-state index is 0.958. The third-order valence-corrected chi connectivity index (χ3v) is 1.41. The largest absolute Gasteiger partial charge is 0.375 e. The Morgan fingerprint density at radius 3 is 2.45 bits per heavy atom. The van der Waals surface area contributed by atoms with Crippen molar-refractivity contribution in [1.82, 2.24) is 10.6 Å². The summed E-state index contributed by atoms with van der Waals surface area (Å²) >= 11 is 0. The normalized spacial score (nSPS) is 19.5. The fraction of sp³-hybridized carbons (Fsp3) is 0.714. The fourth-order valence-electron chi connectivity index (χ4n) is 0.839. The number of aliphatic imine (C=N–C) groups is 2. The molecule has 2 rings (SSSR count). The predicted octanol–water partition coefficient (Wildman–Crippen LogP) is -0.374. The Hall–Kier alpha value is -1.06. The van der Waals surface area contributed by atoms with Gasteiger partial charge < -0.3 is 10.6 Å². The van der Waals surface area contributed by atoms with Crippen LogP contribution in [0.2, 0.25) is 0 Å². The summed E-state index contributed by atoms with van der Waals surface area (Å²) in [7, 11) is 0. The van der Waals surface area contributed by atoms with Gasteiger partial charge in [-0.2, -0.15) is 0 Å². The smallest absolute Gasteiger partial charge is 0.0933 e. The van der Waals surface area contributed by atoms with Crippen molar-refractivity contribution < 1.29 is 0 Å². The van der Waals surface area contributed by atoms with Crippen LogP contribution < -0.4 is 10.6 Å². The van der Waals surface area contributed by atoms with Crippen LogP contribution in [-0.4, -0.2) is 38.4 Å². The third-order valence-electron chi connectivity index (χ3n) is 1.41. The van der Waals surface area contributed by atoms with Gasteiger partial charge in [-0.25, -0.2) is 0 Å². The molecule has 62 valence electrons. The van der Waals surface area contributed by atoms with E-state index in [4.69, 9.17) is 0 Å². The molecule has 0 radical (unpaired) electrons. The van der Waals surface area contributed by atoms with Crippen molar-refractivity contribution in [3.8, 4) is 0 Å². The molecule has 0 unspecified atom stereocenters. The Balaban J connectivity index is 0.000000112. The molecule has 0 aliphatic carbocycles. The summed E-state index contributed by atoms with van der Waals surface area (Å²) in [5.74, 6) is 1.08. The van der Waals surface area contributed by atoms with Gasteiger partial charge in [0.2, 0.25) is 0 Å². The van der Waals surface area contributed by atoms with Gasteiger partial charge in [-0.3, -0.25) is 9.98 Å². The summed E-state index contributed by atoms with van der Waals surface area (Å²) < 4.78 is 0. The molecule has 0 aromatic rings. The second-order valence-corrected chi connectivity index (χ2v) is 2.38. The van der Waals surface area contributed by atoms with Crippen molar-refractivity contribution in [3.63, 3.8) is 0 Å². The van der Waals surface area contributed by atoms with E-state index in [0.717, 1.165) is 32.0 Å². The molecule has 11 heavy (non-hydrogen) atoms. The lowest BCUT2D eigenvalue weighted by Crippen LogP contribution is -2.13. The van der Waals surface area contributed by atoms with E-state index in [1.807, 2.05) is 6.92 Å². The van der Waals surface area contributed by atoms with E-state index >= 15 is 0 Å². The number of nitrogens with one attached hydrogen (secondary N) is 2. The minimum atomic E-state index is 0.958. The summed E-state index contributed by atoms with van der Waals surface area (Å²) in [6, 6.07) is 0. The standard InChI is InChI=1S/C4H8N2.C3H6N2/c1-4-5-2-3-6-4;1-2-5-3-4-1/h2-3H2,1H3,(H,5,6);3H,1-2H2,(H,4,5). The molecule has 2 aliphatic rings. The first-order chi connectivity index (χ1) is 5.39. The van der Waals surface area contributed by atoms with Gasteiger partial charge in [0.05, 0.1) is 25.3 Å². The summed E-state index contributed by atoms with van der Waals surface area (Å²) in [5.41, 5.74) is 0. The molecule has 0 fully saturated rings. The van der Waals surface area contributed by atoms with E-state index in [-0.39, 0.29) is 0 Å². The lowest BCUT2D eigenvalue weighted by atomic mass is 10.7. The van der Waals surface area contributed by atoms with Crippen LogP contribution in [0.5, 0.6) is 0 Å². The second-order valence-electron chi connectivity index (χ2n) is 2.38. The minimum Gasteiger partial charge on any atom is -0.375 e. The molecule has 2 heterocycles. The monoisotopic (exact) mass is 154 g/mol. The van der Waals surface area contributed by atoms with Gasteiger partial charge >= 0.3 is 0 Å². The van der Waals surface area contributed by atoms with E-state index in [1.54, 1.807) is 6.34 Å². The first-order valence-corrected chi connectivity index (χ1v) is 3.86. The molecule has 0 amide bonds. The summed E-state index contributed by atoms with van der Waals surface area (Å²) in [6.07, 6.45) is 1.74. The zero-order valence-electron chi connectivity index (χ0n) is 6.80. The average Bonchev–Trinajstić information content (AvgIpc) is 2.57. The topological polar surface area (TPSA) is 48.8 Å². The maximum absolute atomic E-state index is 4.04. The highest BCUT2D eigenvalue weighted by Gasteiger charge is 1.93. The highest BCUT2D eigenvalue weighted by atomic mass is 15.1. The van der Waals surface area contributed by atoms with Crippen LogP contribution in [0.4, 0.5) is 0 Å². The fourth-order valence-corrected chi connectivity index (χ4v) is 0.839. The maximum Gasteiger partial charge on any atom is 0.0933 e. The van der Waals surface area contributed by atoms with Crippen molar-refractivity contribution in [2.24, 2.45) is 9.98 Å². The quantitative estimate of drug-likeness (QED) is 0.500. The van der Waals surface area contributed by atoms with E-state index in [1.165, 1.54) is 0 Å². The van der Waals surface area contributed by atoms with Crippen LogP contribution >= 0.6 is 0 Å². The lowest BCUT2D eigenvalue weighted by Gasteiger charge is -1.85. The number of nitrogens with zero attached hydrogens (tertiary/aromatic N) is 2. The second kappa shape index (κ2) is 4.71. The van der Waals surface area contributed by atoms with Crippen molar-refractivity contribution in [1.29, 1.82) is 0 Å². The maximum atomic E-state index is 4.04. The number of hydrogen-bond donors (Lipinski definition) is 2. The van der Waals surface area contributed by atoms with E-state index in [0.29, 0.717) is 0 Å². The summed E-state index contributed by atoms with van der Waals surface area (Å²) in [6.45, 7) is 5.96. The Bertz CT molecular complexity index is 156. The highest BCUT2D eigenvalue weighted by molar-refractivity contribution is 5.80. The van der Waals surface area contributed by atoms with Gasteiger partial charge in [-0.05, 0) is 6.92 Å². The molecule has 0 aromatic carbocycles. The van der Waals surface area contributed by atoms with Gasteiger partial charge in [0, 0.05) is 13.1 Å². The first kappa shape index (κ1) is 8.04. The Kier molecular flexibility index (Phi) is 3.44. The van der Waals surface area contributed by atoms with Crippen LogP contribution in [0.3, 0.4) is 0 Å². The van der Waals surface area contributed by atoms with E-state index < -0.39 is 0 Å². The van der Waals surface area contributed by atoms with Gasteiger partial charge in [-0.15, -0.1) is 0 Å². The molecular weight excluding hydrogens is 140 g/mol. The molecule has 0 aromatic heterocycles. The molecule has 0 bridgehead atoms. The zero-order valence-corrected chi connectivity index (χ0v) is 6.80. The van der Waals surface area contributed by atoms with Crippen molar-refractivity contribution >= 4 is 12.2 Å². The molecular formula is C7H14N4. The van der Waals surface area contributed by atoms with Crippen LogP contribution in [0.1, 0.15) is 6.92 Å². The van der Waals surface area contributed by atoms with Crippen LogP contribution in [0.15, 0.2) is 9.98 Å². The average molecular weight is 154 g/mol. The molecule has 0 saturated heterocycles. The lowest BCUT2D eigenvalue weighted by molar-refractivity contribution is 0.958. The van der Waals surface area contributed by atoms with Crippen molar-refractivity contribution in [3.05, 3.63) is 0 Å². The van der Waals surface area contributed by atoms with E-state index in [2.05, 4.69) is 20.6 Å². The third kappa shape index (κ3) is 3.60. The Morgan fingerprint density at radius 1 is 1.36 bits per heavy atom. The number of hydrogen-bond acceptors (Lipinski definition) is 4. The van der Waals surface area contributed by atoms with Gasteiger partial charge in [0.15, 0.2) is 0 Å². The van der Waals surface area contributed by atoms with Gasteiger partial charge in [0.25, 0.3) is 0 Å². The molecule has 4 heteroatoms. The molecule has 2 aliphatic heterocycles. The highest BCUT2D eigenvalue weighted by Crippen LogP contribution is 1.79. The first-order valence-electron chi connectivity index (χ1n) is 3.86. The van der Waals surface area contributed by atoms with Gasteiger partial charge in [0.1, 0.15) is 0 Å². The number of rotatable bonds is 0. The van der Waals surface area contributed by atoms with Crippen LogP contribution in [0.25, 0.3) is 0 Å². The zero-order chi connectivity index (χ0) is 7.94. The predicted molar refractivity (Wildman–Crippen MR) is 47.3 cm³/mol. The van der Waals surface area contributed by atoms with Crippen LogP contribution in [0, 0.1) is 0 Å². The summed E-state index contributed by atoms with van der Waals surface area (Å²) in [5, 5.41) is 6.00. The van der Waals surface area contributed by atoms with Crippen molar-refractivity contribution in [2.75, 3.05) is 26.2 Å². The van der Waals surface area contributed by atoms with Crippen LogP contribution in [-0.2, 0) is 0 Å². The Labute approximate surface area is 66.8 Å². The van der Waals surface area contributed by atoms with E-state index in [9.17, 15) is 0 Å². The SMILES string of the molecule is C1=NCCN1.CC1=NCCN1. The molecule has 0 atom stereocenters. The summed E-state index contributed by atoms with van der Waals surface area (Å²) in [4.78, 5) is 7.89. The van der Waals surface area contributed by atoms with Gasteiger partial charge in [-0.1, -0.05) is 0 Å². The molecule has 0 spiro atoms. The number of amidine groups is 1. The molecule has 4 nitrogen and oxygen atoms in total. The van der Waals surface area contributed by atoms with Crippen molar-refractivity contribution in [2.45, 2.75) is 6.92 Å². The molecule has 2 N–H and O–H groups in total. The molecule has 0 saturated carbocycles.